The van der Waals surface area contributed by atoms with E-state index in [1.807, 2.05) is 0 Å². The smallest absolute Gasteiger partial charge is 0.511 e. The Bertz CT molecular complexity index is 748. The van der Waals surface area contributed by atoms with Crippen LogP contribution in [0.25, 0.3) is 21.8 Å². The highest BCUT2D eigenvalue weighted by Gasteiger charge is 2.17. The lowest BCUT2D eigenvalue weighted by molar-refractivity contribution is 0.291. The Balaban J connectivity index is 2.42. The largest absolute Gasteiger partial charge is 0.707 e. The van der Waals surface area contributed by atoms with Gasteiger partial charge in [-0.05, 0) is 36.4 Å². The molecule has 100 valence electrons. The topological polar surface area (TPSA) is 115 Å². The minimum atomic E-state index is -1.92. The summed E-state index contributed by atoms with van der Waals surface area (Å²) in [7, 11) is -1.92. The number of hydrogen-bond donors (Lipinski definition) is 4. The van der Waals surface area contributed by atoms with Gasteiger partial charge in [0.05, 0.1) is 11.0 Å². The number of rotatable bonds is 2. The van der Waals surface area contributed by atoms with Crippen LogP contribution in [0.4, 0.5) is 11.4 Å². The number of aromatic nitrogens is 1. The summed E-state index contributed by atoms with van der Waals surface area (Å²) in [6, 6.07) is 10.2. The predicted molar refractivity (Wildman–Crippen MR) is 78.9 cm³/mol. The first-order valence-electron chi connectivity index (χ1n) is 5.96. The lowest BCUT2D eigenvalue weighted by Crippen LogP contribution is -2.21. The van der Waals surface area contributed by atoms with Crippen molar-refractivity contribution in [1.29, 1.82) is 0 Å². The monoisotopic (exact) mass is 269 g/mol. The van der Waals surface area contributed by atoms with Gasteiger partial charge < -0.3 is 26.2 Å². The number of fused-ring (bicyclic) bond motifs is 2. The number of nitrogen functional groups attached to an aromatic ring is 2. The molecule has 6 N–H and O–H groups in total. The Morgan fingerprint density at radius 2 is 1.40 bits per heavy atom. The zero-order valence-electron chi connectivity index (χ0n) is 10.4. The van der Waals surface area contributed by atoms with E-state index in [2.05, 4.69) is 4.98 Å². The van der Waals surface area contributed by atoms with E-state index in [1.54, 1.807) is 36.4 Å². The van der Waals surface area contributed by atoms with E-state index in [0.717, 1.165) is 0 Å². The Kier molecular flexibility index (Phi) is 2.85. The Morgan fingerprint density at radius 3 is 1.85 bits per heavy atom. The summed E-state index contributed by atoms with van der Waals surface area (Å²) in [6.45, 7) is 0. The number of hydrogen-bond acceptors (Lipinski definition) is 6. The third kappa shape index (κ3) is 2.09. The van der Waals surface area contributed by atoms with Gasteiger partial charge in [0.1, 0.15) is 5.75 Å². The summed E-state index contributed by atoms with van der Waals surface area (Å²) in [4.78, 5) is 4.46. The molecular formula is C13H12BN3O3. The molecule has 0 bridgehead atoms. The summed E-state index contributed by atoms with van der Waals surface area (Å²) >= 11 is 0. The van der Waals surface area contributed by atoms with Gasteiger partial charge in [0.2, 0.25) is 0 Å². The fourth-order valence-corrected chi connectivity index (χ4v) is 2.17. The molecule has 0 unspecified atom stereocenters. The van der Waals surface area contributed by atoms with E-state index < -0.39 is 7.32 Å². The molecule has 0 aliphatic rings. The molecule has 0 saturated heterocycles. The quantitative estimate of drug-likeness (QED) is 0.312. The molecular weight excluding hydrogens is 257 g/mol. The van der Waals surface area contributed by atoms with E-state index in [4.69, 9.17) is 26.2 Å². The van der Waals surface area contributed by atoms with Crippen LogP contribution in [0.1, 0.15) is 0 Å². The van der Waals surface area contributed by atoms with Crippen molar-refractivity contribution in [2.75, 3.05) is 11.5 Å². The van der Waals surface area contributed by atoms with Crippen LogP contribution in [-0.2, 0) is 0 Å². The van der Waals surface area contributed by atoms with Crippen LogP contribution in [0, 0.1) is 0 Å². The summed E-state index contributed by atoms with van der Waals surface area (Å²) in [6.07, 6.45) is 0. The molecule has 3 rings (SSSR count). The molecule has 0 aliphatic heterocycles. The molecule has 3 aromatic rings. The van der Waals surface area contributed by atoms with Crippen molar-refractivity contribution < 1.29 is 14.7 Å². The van der Waals surface area contributed by atoms with Crippen molar-refractivity contribution in [3.63, 3.8) is 0 Å². The minimum absolute atomic E-state index is 0.333. The highest BCUT2D eigenvalue weighted by molar-refractivity contribution is 6.34. The first kappa shape index (κ1) is 12.5. The van der Waals surface area contributed by atoms with Gasteiger partial charge >= 0.3 is 7.32 Å². The molecule has 0 aliphatic carbocycles. The van der Waals surface area contributed by atoms with Gasteiger partial charge in [-0.3, -0.25) is 0 Å². The van der Waals surface area contributed by atoms with Crippen LogP contribution < -0.4 is 16.1 Å². The molecule has 7 heteroatoms. The second kappa shape index (κ2) is 4.55. The van der Waals surface area contributed by atoms with Crippen LogP contribution in [0.2, 0.25) is 0 Å². The molecule has 20 heavy (non-hydrogen) atoms. The molecule has 0 saturated carbocycles. The summed E-state index contributed by atoms with van der Waals surface area (Å²) in [5, 5.41) is 19.5. The fraction of sp³-hybridized carbons (Fsp3) is 0. The van der Waals surface area contributed by atoms with Gasteiger partial charge in [-0.2, -0.15) is 0 Å². The van der Waals surface area contributed by atoms with Crippen molar-refractivity contribution in [3.05, 3.63) is 36.4 Å². The average Bonchev–Trinajstić information content (AvgIpc) is 2.37. The molecule has 0 radical (unpaired) electrons. The molecule has 1 heterocycles. The zero-order chi connectivity index (χ0) is 14.3. The van der Waals surface area contributed by atoms with Crippen LogP contribution in [0.3, 0.4) is 0 Å². The SMILES string of the molecule is Nc1ccc2c(OB(O)O)c3ccc(N)cc3nc2c1. The van der Waals surface area contributed by atoms with Gasteiger partial charge in [0.25, 0.3) is 0 Å². The normalized spacial score (nSPS) is 10.9. The van der Waals surface area contributed by atoms with Crippen molar-refractivity contribution in [1.82, 2.24) is 4.98 Å². The molecule has 1 aromatic heterocycles. The molecule has 2 aromatic carbocycles. The Hall–Kier alpha value is -2.51. The summed E-state index contributed by atoms with van der Waals surface area (Å²) in [5.74, 6) is 0.333. The first-order chi connectivity index (χ1) is 9.54. The average molecular weight is 269 g/mol. The molecule has 6 nitrogen and oxygen atoms in total. The van der Waals surface area contributed by atoms with Crippen LogP contribution in [0.15, 0.2) is 36.4 Å². The van der Waals surface area contributed by atoms with Crippen LogP contribution in [-0.4, -0.2) is 22.4 Å². The van der Waals surface area contributed by atoms with Gasteiger partial charge in [0, 0.05) is 22.1 Å². The maximum absolute atomic E-state index is 9.10. The van der Waals surface area contributed by atoms with Crippen LogP contribution in [0.5, 0.6) is 5.75 Å². The molecule has 0 amide bonds. The van der Waals surface area contributed by atoms with E-state index in [1.165, 1.54) is 0 Å². The summed E-state index contributed by atoms with van der Waals surface area (Å²) in [5.41, 5.74) is 13.8. The van der Waals surface area contributed by atoms with E-state index in [-0.39, 0.29) is 0 Å². The van der Waals surface area contributed by atoms with E-state index in [0.29, 0.717) is 38.9 Å². The second-order valence-corrected chi connectivity index (χ2v) is 4.44. The van der Waals surface area contributed by atoms with Crippen LogP contribution >= 0.6 is 0 Å². The first-order valence-corrected chi connectivity index (χ1v) is 5.96. The van der Waals surface area contributed by atoms with Gasteiger partial charge in [-0.15, -0.1) is 0 Å². The lowest BCUT2D eigenvalue weighted by atomic mass is 10.1. The number of pyridine rings is 1. The third-order valence-corrected chi connectivity index (χ3v) is 3.00. The highest BCUT2D eigenvalue weighted by Crippen LogP contribution is 2.34. The highest BCUT2D eigenvalue weighted by atomic mass is 16.6. The lowest BCUT2D eigenvalue weighted by Gasteiger charge is -2.12. The summed E-state index contributed by atoms with van der Waals surface area (Å²) < 4.78 is 5.11. The third-order valence-electron chi connectivity index (χ3n) is 3.00. The standard InChI is InChI=1S/C13H12BN3O3/c15-7-1-3-9-11(5-7)17-12-6-8(16)2-4-10(12)13(9)20-14(18)19/h1-6,18-19H,15-16H2. The number of nitrogens with two attached hydrogens (primary N) is 2. The fourth-order valence-electron chi connectivity index (χ4n) is 2.17. The second-order valence-electron chi connectivity index (χ2n) is 4.44. The van der Waals surface area contributed by atoms with Gasteiger partial charge in [0.15, 0.2) is 0 Å². The van der Waals surface area contributed by atoms with Crippen molar-refractivity contribution >= 4 is 40.5 Å². The van der Waals surface area contributed by atoms with Crippen molar-refractivity contribution in [3.8, 4) is 5.75 Å². The zero-order valence-corrected chi connectivity index (χ0v) is 10.4. The van der Waals surface area contributed by atoms with Gasteiger partial charge in [-0.25, -0.2) is 4.98 Å². The van der Waals surface area contributed by atoms with E-state index >= 15 is 0 Å². The van der Waals surface area contributed by atoms with Crippen molar-refractivity contribution in [2.24, 2.45) is 0 Å². The van der Waals surface area contributed by atoms with Gasteiger partial charge in [-0.1, -0.05) is 0 Å². The van der Waals surface area contributed by atoms with Crippen molar-refractivity contribution in [2.45, 2.75) is 0 Å². The maximum Gasteiger partial charge on any atom is 0.707 e. The minimum Gasteiger partial charge on any atom is -0.511 e. The molecule has 0 atom stereocenters. The van der Waals surface area contributed by atoms with E-state index in [9.17, 15) is 0 Å². The number of nitrogens with zero attached hydrogens (tertiary/aromatic N) is 1. The molecule has 0 fully saturated rings. The molecule has 0 spiro atoms. The number of anilines is 2. The Labute approximate surface area is 114 Å². The number of benzene rings is 2. The predicted octanol–water partition coefficient (Wildman–Crippen LogP) is 0.901. The Morgan fingerprint density at radius 1 is 0.900 bits per heavy atom. The maximum atomic E-state index is 9.10.